The summed E-state index contributed by atoms with van der Waals surface area (Å²) in [7, 11) is 1.76. The van der Waals surface area contributed by atoms with Gasteiger partial charge in [0.25, 0.3) is 5.91 Å². The fraction of sp³-hybridized carbons (Fsp3) is 0.400. The molecule has 5 aromatic rings. The number of hydrogen-bond acceptors (Lipinski definition) is 9. The van der Waals surface area contributed by atoms with E-state index in [0.29, 0.717) is 59.9 Å². The van der Waals surface area contributed by atoms with Gasteiger partial charge in [-0.3, -0.25) is 28.8 Å². The highest BCUT2D eigenvalue weighted by Gasteiger charge is 2.34. The van der Waals surface area contributed by atoms with Gasteiger partial charge in [0.2, 0.25) is 5.91 Å². The quantitative estimate of drug-likeness (QED) is 0.0605. The number of likely N-dealkylation sites (N-methyl/N-ethyl adjacent to an activating group) is 1. The summed E-state index contributed by atoms with van der Waals surface area (Å²) in [6.45, 7) is 11.2. The van der Waals surface area contributed by atoms with E-state index in [1.165, 1.54) is 11.3 Å². The minimum Gasteiger partial charge on any atom is -0.461 e. The highest BCUT2D eigenvalue weighted by atomic mass is 32.1. The van der Waals surface area contributed by atoms with E-state index in [9.17, 15) is 24.4 Å². The molecule has 62 heavy (non-hydrogen) atoms. The Balaban J connectivity index is 1.11. The Bertz CT molecular complexity index is 2390. The Labute approximate surface area is 369 Å². The zero-order valence-electron chi connectivity index (χ0n) is 36.6. The van der Waals surface area contributed by atoms with Crippen molar-refractivity contribution in [3.05, 3.63) is 141 Å². The van der Waals surface area contributed by atoms with Gasteiger partial charge in [-0.05, 0) is 90.5 Å². The first-order chi connectivity index (χ1) is 29.9. The second-order valence-electron chi connectivity index (χ2n) is 17.0. The van der Waals surface area contributed by atoms with Crippen molar-refractivity contribution in [1.82, 2.24) is 19.6 Å². The van der Waals surface area contributed by atoms with Gasteiger partial charge in [0.15, 0.2) is 5.78 Å². The number of benzene rings is 3. The molecule has 2 amide bonds. The summed E-state index contributed by atoms with van der Waals surface area (Å²) in [5.41, 5.74) is 6.10. The minimum absolute atomic E-state index is 0.0229. The molecular formula is C50H58N6O5S. The van der Waals surface area contributed by atoms with Crippen molar-refractivity contribution in [3.63, 3.8) is 0 Å². The average Bonchev–Trinajstić information content (AvgIpc) is 3.90. The smallest absolute Gasteiger partial charge is 0.306 e. The van der Waals surface area contributed by atoms with E-state index < -0.39 is 5.97 Å². The number of esters is 1. The number of carbonyl (C=O) groups excluding carboxylic acids is 4. The number of ketones is 1. The van der Waals surface area contributed by atoms with Gasteiger partial charge >= 0.3 is 5.97 Å². The molecule has 3 aromatic carbocycles. The number of thiophene rings is 1. The van der Waals surface area contributed by atoms with Crippen LogP contribution < -0.4 is 5.32 Å². The third-order valence-corrected chi connectivity index (χ3v) is 12.9. The molecule has 2 heterocycles. The van der Waals surface area contributed by atoms with E-state index >= 15 is 0 Å². The Kier molecular flexibility index (Phi) is 15.6. The molecule has 0 fully saturated rings. The zero-order valence-corrected chi connectivity index (χ0v) is 37.4. The molecule has 0 saturated heterocycles. The predicted molar refractivity (Wildman–Crippen MR) is 243 cm³/mol. The summed E-state index contributed by atoms with van der Waals surface area (Å²) in [6.07, 6.45) is 8.50. The first-order valence-electron chi connectivity index (χ1n) is 21.6. The van der Waals surface area contributed by atoms with E-state index in [-0.39, 0.29) is 48.5 Å². The third-order valence-electron chi connectivity index (χ3n) is 11.8. The number of aromatic nitrogens is 2. The van der Waals surface area contributed by atoms with Crippen molar-refractivity contribution in [2.75, 3.05) is 25.5 Å². The molecule has 0 bridgehead atoms. The number of nitriles is 1. The van der Waals surface area contributed by atoms with Gasteiger partial charge in [0, 0.05) is 62.3 Å². The molecule has 6 rings (SSSR count). The monoisotopic (exact) mass is 854 g/mol. The molecule has 0 spiro atoms. The van der Waals surface area contributed by atoms with Crippen LogP contribution in [0.1, 0.15) is 119 Å². The second kappa shape index (κ2) is 21.3. The molecule has 0 unspecified atom stereocenters. The van der Waals surface area contributed by atoms with E-state index in [4.69, 9.17) is 4.74 Å². The molecule has 11 nitrogen and oxygen atoms in total. The molecule has 2 aromatic heterocycles. The van der Waals surface area contributed by atoms with Crippen LogP contribution in [0.15, 0.2) is 91.3 Å². The lowest BCUT2D eigenvalue weighted by Gasteiger charge is -2.32. The molecule has 324 valence electrons. The van der Waals surface area contributed by atoms with Crippen LogP contribution in [0.5, 0.6) is 0 Å². The van der Waals surface area contributed by atoms with Crippen molar-refractivity contribution in [2.45, 2.75) is 105 Å². The summed E-state index contributed by atoms with van der Waals surface area (Å²) in [6, 6.07) is 27.0. The van der Waals surface area contributed by atoms with Crippen molar-refractivity contribution in [3.8, 4) is 6.07 Å². The van der Waals surface area contributed by atoms with Crippen LogP contribution in [0, 0.1) is 16.7 Å². The van der Waals surface area contributed by atoms with Crippen molar-refractivity contribution in [2.24, 2.45) is 5.41 Å². The number of nitrogens with zero attached hydrogens (tertiary/aromatic N) is 5. The number of rotatable bonds is 20. The normalized spacial score (nSPS) is 13.1. The van der Waals surface area contributed by atoms with Gasteiger partial charge in [0.1, 0.15) is 11.6 Å². The number of hydrogen-bond donors (Lipinski definition) is 1. The Morgan fingerprint density at radius 2 is 1.68 bits per heavy atom. The maximum Gasteiger partial charge on any atom is 0.306 e. The van der Waals surface area contributed by atoms with E-state index in [1.807, 2.05) is 66.7 Å². The number of ether oxygens (including phenoxy) is 1. The van der Waals surface area contributed by atoms with Crippen LogP contribution >= 0.6 is 11.3 Å². The van der Waals surface area contributed by atoms with Gasteiger partial charge in [-0.1, -0.05) is 82.3 Å². The van der Waals surface area contributed by atoms with Crippen LogP contribution in [-0.2, 0) is 53.3 Å². The van der Waals surface area contributed by atoms with E-state index in [0.717, 1.165) is 59.2 Å². The lowest BCUT2D eigenvalue weighted by atomic mass is 9.76. The van der Waals surface area contributed by atoms with E-state index in [2.05, 4.69) is 49.1 Å². The number of fused-ring (bicyclic) bond motifs is 1. The van der Waals surface area contributed by atoms with Crippen LogP contribution in [0.3, 0.4) is 0 Å². The lowest BCUT2D eigenvalue weighted by Crippen LogP contribution is -2.41. The Morgan fingerprint density at radius 1 is 0.935 bits per heavy atom. The first kappa shape index (κ1) is 45.6. The maximum atomic E-state index is 14.4. The van der Waals surface area contributed by atoms with Crippen LogP contribution in [0.4, 0.5) is 5.00 Å². The minimum atomic E-state index is -0.399. The molecule has 0 aliphatic heterocycles. The predicted octanol–water partition coefficient (Wildman–Crippen LogP) is 9.03. The summed E-state index contributed by atoms with van der Waals surface area (Å²) in [5.74, 6) is -0.954. The lowest BCUT2D eigenvalue weighted by molar-refractivity contribution is -0.147. The highest BCUT2D eigenvalue weighted by Crippen LogP contribution is 2.44. The van der Waals surface area contributed by atoms with Gasteiger partial charge in [-0.25, -0.2) is 0 Å². The first-order valence-corrected chi connectivity index (χ1v) is 22.5. The number of aryl methyl sites for hydroxylation is 2. The maximum absolute atomic E-state index is 14.4. The van der Waals surface area contributed by atoms with Gasteiger partial charge in [-0.15, -0.1) is 11.3 Å². The van der Waals surface area contributed by atoms with Crippen molar-refractivity contribution < 1.29 is 23.9 Å². The fourth-order valence-electron chi connectivity index (χ4n) is 8.05. The standard InChI is InChI=1S/C50H58N6O5S/c1-6-41(7-2)55(26-25-54(5)44(57)19-20-45(58)61-34-36-13-9-8-10-14-36)32-38-17-12-18-39(28-38)48(60)53-49-46(42-21-23-50(3,4)29-43(42)62-49)47(59)40-31-52-56(33-40)24-22-35-15-11-16-37(27-35)30-51/h8-18,27-28,31,33,41H,6-7,19-26,29,32,34H2,1-5H3,(H,53,60). The number of amides is 2. The largest absolute Gasteiger partial charge is 0.461 e. The molecular weight excluding hydrogens is 797 g/mol. The van der Waals surface area contributed by atoms with Gasteiger partial charge in [-0.2, -0.15) is 10.4 Å². The molecule has 1 aliphatic carbocycles. The molecule has 0 radical (unpaired) electrons. The Hall–Kier alpha value is -5.90. The number of anilines is 1. The van der Waals surface area contributed by atoms with E-state index in [1.54, 1.807) is 41.2 Å². The number of carbonyl (C=O) groups is 4. The second-order valence-corrected chi connectivity index (χ2v) is 18.1. The molecule has 0 atom stereocenters. The summed E-state index contributed by atoms with van der Waals surface area (Å²) < 4.78 is 7.11. The van der Waals surface area contributed by atoms with Crippen molar-refractivity contribution >= 4 is 39.9 Å². The van der Waals surface area contributed by atoms with Gasteiger partial charge < -0.3 is 15.0 Å². The molecule has 1 aliphatic rings. The zero-order chi connectivity index (χ0) is 44.2. The summed E-state index contributed by atoms with van der Waals surface area (Å²) in [5, 5.41) is 17.5. The van der Waals surface area contributed by atoms with Crippen molar-refractivity contribution in [1.29, 1.82) is 5.26 Å². The number of nitrogens with one attached hydrogen (secondary N) is 1. The SMILES string of the molecule is CCC(CC)N(CCN(C)C(=O)CCC(=O)OCc1ccccc1)Cc1cccc(C(=O)Nc2sc3c(c2C(=O)c2cnn(CCc4cccc(C#N)c4)c2)CCC(C)(C)C3)c1. The fourth-order valence-corrected chi connectivity index (χ4v) is 9.55. The summed E-state index contributed by atoms with van der Waals surface area (Å²) in [4.78, 5) is 59.0. The topological polar surface area (TPSA) is 138 Å². The highest BCUT2D eigenvalue weighted by molar-refractivity contribution is 7.17. The average molecular weight is 855 g/mol. The molecule has 12 heteroatoms. The third kappa shape index (κ3) is 12.1. The van der Waals surface area contributed by atoms with Crippen LogP contribution in [0.25, 0.3) is 0 Å². The van der Waals surface area contributed by atoms with Crippen LogP contribution in [-0.4, -0.2) is 69.3 Å². The molecule has 1 N–H and O–H groups in total. The summed E-state index contributed by atoms with van der Waals surface area (Å²) >= 11 is 1.50. The Morgan fingerprint density at radius 3 is 2.44 bits per heavy atom. The molecule has 0 saturated carbocycles. The van der Waals surface area contributed by atoms with Gasteiger partial charge in [0.05, 0.1) is 35.4 Å². The van der Waals surface area contributed by atoms with Crippen LogP contribution in [0.2, 0.25) is 0 Å².